The highest BCUT2D eigenvalue weighted by atomic mass is 19.1. The summed E-state index contributed by atoms with van der Waals surface area (Å²) in [5.74, 6) is -0.513. The van der Waals surface area contributed by atoms with Crippen LogP contribution < -0.4 is 5.32 Å². The number of hydrogen-bond donors (Lipinski definition) is 1. The van der Waals surface area contributed by atoms with E-state index in [0.717, 1.165) is 31.9 Å². The van der Waals surface area contributed by atoms with Gasteiger partial charge in [-0.1, -0.05) is 0 Å². The van der Waals surface area contributed by atoms with E-state index in [2.05, 4.69) is 10.3 Å². The minimum Gasteiger partial charge on any atom is -0.340 e. The second-order valence-corrected chi connectivity index (χ2v) is 7.51. The largest absolute Gasteiger partial charge is 0.340 e. The molecule has 2 amide bonds. The monoisotopic (exact) mass is 385 g/mol. The number of pyridine rings is 1. The van der Waals surface area contributed by atoms with Crippen molar-refractivity contribution in [2.45, 2.75) is 38.1 Å². The number of rotatable bonds is 4. The number of carbonyl (C=O) groups is 2. The zero-order valence-electron chi connectivity index (χ0n) is 15.3. The molecule has 1 aromatic carbocycles. The van der Waals surface area contributed by atoms with E-state index < -0.39 is 11.6 Å². The van der Waals surface area contributed by atoms with Crippen molar-refractivity contribution in [1.29, 1.82) is 0 Å². The molecule has 28 heavy (non-hydrogen) atoms. The molecule has 5 nitrogen and oxygen atoms in total. The van der Waals surface area contributed by atoms with E-state index in [4.69, 9.17) is 0 Å². The highest BCUT2D eigenvalue weighted by Crippen LogP contribution is 2.32. The van der Waals surface area contributed by atoms with E-state index in [0.29, 0.717) is 29.8 Å². The van der Waals surface area contributed by atoms with Gasteiger partial charge in [0.2, 0.25) is 11.8 Å². The molecule has 2 saturated heterocycles. The minimum absolute atomic E-state index is 0.111. The van der Waals surface area contributed by atoms with Gasteiger partial charge < -0.3 is 10.2 Å². The molecule has 2 atom stereocenters. The van der Waals surface area contributed by atoms with Gasteiger partial charge in [-0.2, -0.15) is 0 Å². The summed E-state index contributed by atoms with van der Waals surface area (Å²) in [6, 6.07) is 6.85. The van der Waals surface area contributed by atoms with Crippen LogP contribution in [-0.2, 0) is 9.59 Å². The Kier molecular flexibility index (Phi) is 5.07. The number of anilines is 1. The fourth-order valence-corrected chi connectivity index (χ4v) is 4.17. The first-order valence-electron chi connectivity index (χ1n) is 9.50. The lowest BCUT2D eigenvalue weighted by molar-refractivity contribution is -0.130. The first-order valence-corrected chi connectivity index (χ1v) is 9.50. The number of amides is 2. The van der Waals surface area contributed by atoms with Gasteiger partial charge >= 0.3 is 0 Å². The first kappa shape index (κ1) is 18.5. The SMILES string of the molecule is O=C(CC1CCN2C(=O)CCC2C1)Nc1ccc(-c2cc(F)cc(F)c2)cn1. The van der Waals surface area contributed by atoms with Crippen molar-refractivity contribution >= 4 is 17.6 Å². The van der Waals surface area contributed by atoms with E-state index in [1.54, 1.807) is 12.1 Å². The van der Waals surface area contributed by atoms with Crippen molar-refractivity contribution in [2.24, 2.45) is 5.92 Å². The van der Waals surface area contributed by atoms with Crippen LogP contribution >= 0.6 is 0 Å². The van der Waals surface area contributed by atoms with E-state index in [-0.39, 0.29) is 23.8 Å². The van der Waals surface area contributed by atoms with Crippen molar-refractivity contribution in [2.75, 3.05) is 11.9 Å². The highest BCUT2D eigenvalue weighted by molar-refractivity contribution is 5.90. The first-order chi connectivity index (χ1) is 13.5. The van der Waals surface area contributed by atoms with Crippen LogP contribution in [0.25, 0.3) is 11.1 Å². The van der Waals surface area contributed by atoms with Crippen molar-refractivity contribution in [3.8, 4) is 11.1 Å². The van der Waals surface area contributed by atoms with Crippen molar-refractivity contribution in [3.05, 3.63) is 48.2 Å². The third-order valence-corrected chi connectivity index (χ3v) is 5.54. The van der Waals surface area contributed by atoms with Gasteiger partial charge in [-0.25, -0.2) is 13.8 Å². The number of aromatic nitrogens is 1. The number of nitrogens with one attached hydrogen (secondary N) is 1. The molecule has 1 aromatic heterocycles. The number of fused-ring (bicyclic) bond motifs is 1. The van der Waals surface area contributed by atoms with Crippen LogP contribution in [0.4, 0.5) is 14.6 Å². The summed E-state index contributed by atoms with van der Waals surface area (Å²) in [6.45, 7) is 0.735. The molecule has 0 saturated carbocycles. The number of hydrogen-bond acceptors (Lipinski definition) is 3. The Morgan fingerprint density at radius 1 is 1.14 bits per heavy atom. The van der Waals surface area contributed by atoms with Gasteiger partial charge in [0.1, 0.15) is 17.5 Å². The van der Waals surface area contributed by atoms with Gasteiger partial charge in [-0.3, -0.25) is 9.59 Å². The normalized spacial score (nSPS) is 21.5. The van der Waals surface area contributed by atoms with Crippen LogP contribution in [0.3, 0.4) is 0 Å². The number of halogens is 2. The number of piperidine rings is 1. The van der Waals surface area contributed by atoms with Crippen LogP contribution in [-0.4, -0.2) is 34.3 Å². The van der Waals surface area contributed by atoms with Crippen molar-refractivity contribution in [3.63, 3.8) is 0 Å². The molecule has 0 bridgehead atoms. The molecule has 0 radical (unpaired) electrons. The summed E-state index contributed by atoms with van der Waals surface area (Å²) in [5.41, 5.74) is 0.954. The molecule has 4 rings (SSSR count). The molecule has 7 heteroatoms. The van der Waals surface area contributed by atoms with Crippen molar-refractivity contribution in [1.82, 2.24) is 9.88 Å². The van der Waals surface area contributed by atoms with Crippen LogP contribution in [0.1, 0.15) is 32.1 Å². The fourth-order valence-electron chi connectivity index (χ4n) is 4.17. The number of nitrogens with zero attached hydrogens (tertiary/aromatic N) is 2. The molecule has 0 spiro atoms. The zero-order chi connectivity index (χ0) is 19.7. The lowest BCUT2D eigenvalue weighted by atomic mass is 9.88. The topological polar surface area (TPSA) is 62.3 Å². The Balaban J connectivity index is 1.34. The Labute approximate surface area is 161 Å². The Morgan fingerprint density at radius 3 is 2.64 bits per heavy atom. The van der Waals surface area contributed by atoms with Gasteiger partial charge in [0, 0.05) is 43.3 Å². The van der Waals surface area contributed by atoms with Crippen LogP contribution in [0.15, 0.2) is 36.5 Å². The van der Waals surface area contributed by atoms with Gasteiger partial charge in [0.25, 0.3) is 0 Å². The summed E-state index contributed by atoms with van der Waals surface area (Å²) in [6.07, 6.45) is 5.10. The molecule has 2 aromatic rings. The van der Waals surface area contributed by atoms with E-state index >= 15 is 0 Å². The Morgan fingerprint density at radius 2 is 1.93 bits per heavy atom. The molecule has 1 N–H and O–H groups in total. The maximum absolute atomic E-state index is 13.4. The van der Waals surface area contributed by atoms with Gasteiger partial charge in [-0.05, 0) is 55.0 Å². The van der Waals surface area contributed by atoms with Crippen LogP contribution in [0, 0.1) is 17.6 Å². The van der Waals surface area contributed by atoms with Gasteiger partial charge in [0.05, 0.1) is 0 Å². The van der Waals surface area contributed by atoms with Crippen LogP contribution in [0.2, 0.25) is 0 Å². The molecule has 2 aliphatic heterocycles. The maximum Gasteiger partial charge on any atom is 0.225 e. The Hall–Kier alpha value is -2.83. The average Bonchev–Trinajstić information content (AvgIpc) is 3.02. The fraction of sp³-hybridized carbons (Fsp3) is 0.381. The Bertz CT molecular complexity index is 881. The van der Waals surface area contributed by atoms with E-state index in [1.807, 2.05) is 4.90 Å². The predicted octanol–water partition coefficient (Wildman–Crippen LogP) is 3.76. The lowest BCUT2D eigenvalue weighted by Gasteiger charge is -2.34. The van der Waals surface area contributed by atoms with Gasteiger partial charge in [-0.15, -0.1) is 0 Å². The smallest absolute Gasteiger partial charge is 0.225 e. The lowest BCUT2D eigenvalue weighted by Crippen LogP contribution is -2.41. The summed E-state index contributed by atoms with van der Waals surface area (Å²) in [4.78, 5) is 30.2. The summed E-state index contributed by atoms with van der Waals surface area (Å²) >= 11 is 0. The second-order valence-electron chi connectivity index (χ2n) is 7.51. The minimum atomic E-state index is -0.651. The summed E-state index contributed by atoms with van der Waals surface area (Å²) in [7, 11) is 0. The highest BCUT2D eigenvalue weighted by Gasteiger charge is 2.36. The molecule has 3 heterocycles. The van der Waals surface area contributed by atoms with E-state index in [1.165, 1.54) is 18.3 Å². The second kappa shape index (κ2) is 7.66. The summed E-state index contributed by atoms with van der Waals surface area (Å²) in [5, 5.41) is 2.78. The average molecular weight is 385 g/mol. The molecule has 0 aliphatic carbocycles. The standard InChI is InChI=1S/C21H21F2N3O2/c22-16-9-15(10-17(23)11-16)14-1-3-19(24-12-14)25-20(27)8-13-5-6-26-18(7-13)2-4-21(26)28/h1,3,9-13,18H,2,4-8H2,(H,24,25,27). The predicted molar refractivity (Wildman–Crippen MR) is 100 cm³/mol. The molecule has 2 aliphatic rings. The van der Waals surface area contributed by atoms with Gasteiger partial charge in [0.15, 0.2) is 0 Å². The summed E-state index contributed by atoms with van der Waals surface area (Å²) < 4.78 is 26.7. The molecular weight excluding hydrogens is 364 g/mol. The zero-order valence-corrected chi connectivity index (χ0v) is 15.3. The quantitative estimate of drug-likeness (QED) is 0.872. The molecular formula is C21H21F2N3O2. The third kappa shape index (κ3) is 4.03. The number of carbonyl (C=O) groups excluding carboxylic acids is 2. The van der Waals surface area contributed by atoms with E-state index in [9.17, 15) is 18.4 Å². The molecule has 2 fully saturated rings. The number of benzene rings is 1. The maximum atomic E-state index is 13.4. The molecule has 146 valence electrons. The van der Waals surface area contributed by atoms with Crippen molar-refractivity contribution < 1.29 is 18.4 Å². The van der Waals surface area contributed by atoms with Crippen LogP contribution in [0.5, 0.6) is 0 Å². The third-order valence-electron chi connectivity index (χ3n) is 5.54. The molecule has 2 unspecified atom stereocenters.